The minimum atomic E-state index is -1.90. The molecule has 1 unspecified atom stereocenters. The maximum atomic E-state index is 13.6. The molecule has 1 atom stereocenters. The van der Waals surface area contributed by atoms with Crippen LogP contribution in [0.3, 0.4) is 0 Å². The van der Waals surface area contributed by atoms with Crippen LogP contribution in [-0.4, -0.2) is 36.0 Å². The van der Waals surface area contributed by atoms with E-state index in [1.807, 2.05) is 39.0 Å². The Morgan fingerprint density at radius 2 is 1.38 bits per heavy atom. The van der Waals surface area contributed by atoms with E-state index in [0.29, 0.717) is 23.0 Å². The van der Waals surface area contributed by atoms with Crippen molar-refractivity contribution in [2.75, 3.05) is 29.1 Å². The summed E-state index contributed by atoms with van der Waals surface area (Å²) in [5.74, 6) is -0.453. The molecule has 0 saturated heterocycles. The van der Waals surface area contributed by atoms with Gasteiger partial charge < -0.3 is 10.6 Å². The standard InChI is InChI=1S/C25H34FN2O2P.Y/c1-8-31(9-2,15-22(29)27-23-16(3)11-10-12-17(23)4)20(7)25(30)28-24-18(5)13-21(26)14-19(24)6;/h10-14,20H,8-9,15H2,1-7H3,(H-,27,28,29,30);/p+1. The summed E-state index contributed by atoms with van der Waals surface area (Å²) in [5.41, 5.74) is 4.67. The fourth-order valence-corrected chi connectivity index (χ4v) is 7.67. The Morgan fingerprint density at radius 3 is 1.84 bits per heavy atom. The second-order valence-electron chi connectivity index (χ2n) is 8.40. The minimum Gasteiger partial charge on any atom is -0.322 e. The molecule has 2 amide bonds. The maximum Gasteiger partial charge on any atom is 0.264 e. The van der Waals surface area contributed by atoms with Gasteiger partial charge in [0.2, 0.25) is 0 Å². The van der Waals surface area contributed by atoms with Crippen molar-refractivity contribution in [3.63, 3.8) is 0 Å². The van der Waals surface area contributed by atoms with Crippen LogP contribution >= 0.6 is 7.26 Å². The van der Waals surface area contributed by atoms with Gasteiger partial charge in [-0.1, -0.05) is 18.2 Å². The van der Waals surface area contributed by atoms with E-state index in [1.54, 1.807) is 13.8 Å². The summed E-state index contributed by atoms with van der Waals surface area (Å²) in [5, 5.41) is 6.10. The predicted octanol–water partition coefficient (Wildman–Crippen LogP) is 6.08. The number of rotatable bonds is 8. The number of hydrogen-bond acceptors (Lipinski definition) is 2. The number of para-hydroxylation sites is 1. The summed E-state index contributed by atoms with van der Waals surface area (Å²) in [4.78, 5) is 26.2. The second-order valence-corrected chi connectivity index (χ2v) is 13.2. The average molecular weight is 534 g/mol. The smallest absolute Gasteiger partial charge is 0.264 e. The van der Waals surface area contributed by atoms with Crippen LogP contribution < -0.4 is 10.6 Å². The number of aryl methyl sites for hydroxylation is 4. The van der Waals surface area contributed by atoms with E-state index in [9.17, 15) is 14.0 Å². The van der Waals surface area contributed by atoms with Gasteiger partial charge in [0.1, 0.15) is 17.6 Å². The van der Waals surface area contributed by atoms with Gasteiger partial charge in [0.25, 0.3) is 11.8 Å². The summed E-state index contributed by atoms with van der Waals surface area (Å²) < 4.78 is 13.6. The Labute approximate surface area is 217 Å². The number of amides is 2. The van der Waals surface area contributed by atoms with E-state index in [4.69, 9.17) is 0 Å². The van der Waals surface area contributed by atoms with Gasteiger partial charge in [-0.05, 0) is 82.9 Å². The molecule has 2 aromatic rings. The zero-order valence-corrected chi connectivity index (χ0v) is 24.0. The molecule has 0 aromatic heterocycles. The second kappa shape index (κ2) is 12.3. The molecular formula is C25H35FN2O2PY+. The first-order chi connectivity index (χ1) is 14.5. The van der Waals surface area contributed by atoms with Crippen molar-refractivity contribution >= 4 is 30.5 Å². The van der Waals surface area contributed by atoms with Crippen molar-refractivity contribution < 1.29 is 46.7 Å². The first-order valence-corrected chi connectivity index (χ1v) is 13.3. The molecule has 0 aliphatic carbocycles. The van der Waals surface area contributed by atoms with E-state index in [1.165, 1.54) is 12.1 Å². The summed E-state index contributed by atoms with van der Waals surface area (Å²) in [7, 11) is -1.90. The summed E-state index contributed by atoms with van der Waals surface area (Å²) in [6.07, 6.45) is 1.98. The Hall–Kier alpha value is -1.16. The molecule has 2 N–H and O–H groups in total. The molecule has 171 valence electrons. The van der Waals surface area contributed by atoms with Crippen LogP contribution in [0.15, 0.2) is 30.3 Å². The molecule has 0 aliphatic rings. The Morgan fingerprint density at radius 1 is 0.906 bits per heavy atom. The predicted molar refractivity (Wildman–Crippen MR) is 131 cm³/mol. The SMILES string of the molecule is CC[P+](CC)(CC(=O)Nc1c(C)cccc1C)C(C)C(=O)Nc1c(C)cc(F)cc1C.[Y]. The summed E-state index contributed by atoms with van der Waals surface area (Å²) >= 11 is 0. The Kier molecular flexibility index (Phi) is 11.1. The average Bonchev–Trinajstić information content (AvgIpc) is 2.71. The summed E-state index contributed by atoms with van der Waals surface area (Å²) in [6.45, 7) is 13.6. The molecule has 4 nitrogen and oxygen atoms in total. The third kappa shape index (κ3) is 6.68. The van der Waals surface area contributed by atoms with Gasteiger partial charge >= 0.3 is 0 Å². The number of anilines is 2. The minimum absolute atomic E-state index is 0. The number of halogens is 1. The fourth-order valence-electron chi connectivity index (χ4n) is 4.19. The Balaban J connectivity index is 0.00000512. The largest absolute Gasteiger partial charge is 0.322 e. The van der Waals surface area contributed by atoms with Gasteiger partial charge in [0.05, 0.1) is 12.3 Å². The molecule has 7 heteroatoms. The van der Waals surface area contributed by atoms with Crippen molar-refractivity contribution in [2.45, 2.75) is 54.1 Å². The number of hydrogen-bond donors (Lipinski definition) is 2. The van der Waals surface area contributed by atoms with Crippen LogP contribution in [0.2, 0.25) is 0 Å². The molecule has 1 radical (unpaired) electrons. The van der Waals surface area contributed by atoms with Crippen molar-refractivity contribution in [1.82, 2.24) is 0 Å². The van der Waals surface area contributed by atoms with Crippen LogP contribution in [0.5, 0.6) is 0 Å². The van der Waals surface area contributed by atoms with Crippen molar-refractivity contribution in [3.05, 3.63) is 58.4 Å². The molecule has 32 heavy (non-hydrogen) atoms. The van der Waals surface area contributed by atoms with Crippen LogP contribution in [-0.2, 0) is 42.3 Å². The number of nitrogens with one attached hydrogen (secondary N) is 2. The topological polar surface area (TPSA) is 58.2 Å². The number of benzene rings is 2. The molecule has 0 bridgehead atoms. The van der Waals surface area contributed by atoms with Crippen LogP contribution in [0.1, 0.15) is 43.0 Å². The van der Waals surface area contributed by atoms with Gasteiger partial charge in [0, 0.05) is 51.3 Å². The molecule has 2 rings (SSSR count). The zero-order chi connectivity index (χ0) is 23.3. The molecule has 0 saturated carbocycles. The molecule has 0 spiro atoms. The third-order valence-electron chi connectivity index (χ3n) is 6.41. The fraction of sp³-hybridized carbons (Fsp3) is 0.440. The normalized spacial score (nSPS) is 12.0. The molecule has 0 fully saturated rings. The monoisotopic (exact) mass is 534 g/mol. The first-order valence-electron chi connectivity index (χ1n) is 10.8. The maximum absolute atomic E-state index is 13.6. The molecule has 0 aliphatic heterocycles. The number of carbonyl (C=O) groups excluding carboxylic acids is 2. The van der Waals surface area contributed by atoms with Crippen molar-refractivity contribution in [1.29, 1.82) is 0 Å². The molecule has 0 heterocycles. The van der Waals surface area contributed by atoms with Gasteiger partial charge in [-0.25, -0.2) is 4.39 Å². The van der Waals surface area contributed by atoms with Gasteiger partial charge in [-0.2, -0.15) is 0 Å². The van der Waals surface area contributed by atoms with Crippen LogP contribution in [0.25, 0.3) is 0 Å². The van der Waals surface area contributed by atoms with Crippen LogP contribution in [0, 0.1) is 33.5 Å². The molecule has 2 aromatic carbocycles. The van der Waals surface area contributed by atoms with E-state index in [-0.39, 0.29) is 56.0 Å². The van der Waals surface area contributed by atoms with Gasteiger partial charge in [-0.15, -0.1) is 0 Å². The van der Waals surface area contributed by atoms with E-state index < -0.39 is 7.26 Å². The third-order valence-corrected chi connectivity index (χ3v) is 11.7. The molecular weight excluding hydrogens is 499 g/mol. The van der Waals surface area contributed by atoms with E-state index in [2.05, 4.69) is 24.5 Å². The van der Waals surface area contributed by atoms with Gasteiger partial charge in [0.15, 0.2) is 0 Å². The van der Waals surface area contributed by atoms with E-state index >= 15 is 0 Å². The van der Waals surface area contributed by atoms with Crippen molar-refractivity contribution in [2.24, 2.45) is 0 Å². The van der Waals surface area contributed by atoms with Crippen molar-refractivity contribution in [3.8, 4) is 0 Å². The van der Waals surface area contributed by atoms with Crippen LogP contribution in [0.4, 0.5) is 15.8 Å². The quantitative estimate of drug-likeness (QED) is 0.404. The zero-order valence-electron chi connectivity index (χ0n) is 20.3. The summed E-state index contributed by atoms with van der Waals surface area (Å²) in [6, 6.07) is 8.78. The number of carbonyl (C=O) groups is 2. The van der Waals surface area contributed by atoms with E-state index in [0.717, 1.165) is 29.1 Å². The first kappa shape index (κ1) is 28.9. The Bertz CT molecular complexity index is 933. The van der Waals surface area contributed by atoms with Gasteiger partial charge in [-0.3, -0.25) is 9.59 Å².